The smallest absolute Gasteiger partial charge is 0.339 e. The number of carbonyl (C=O) groups is 1. The summed E-state index contributed by atoms with van der Waals surface area (Å²) in [6.07, 6.45) is 2.58. The minimum Gasteiger partial charge on any atom is -0.478 e. The van der Waals surface area contributed by atoms with Gasteiger partial charge in [0.15, 0.2) is 0 Å². The molecule has 4 nitrogen and oxygen atoms in total. The zero-order chi connectivity index (χ0) is 10.7. The first kappa shape index (κ1) is 10.5. The fourth-order valence-electron chi connectivity index (χ4n) is 1.44. The maximum absolute atomic E-state index is 10.9. The first-order valence-electron chi connectivity index (χ1n) is 4.46. The van der Waals surface area contributed by atoms with Gasteiger partial charge in [0.25, 0.3) is 0 Å². The van der Waals surface area contributed by atoms with Crippen molar-refractivity contribution in [3.63, 3.8) is 0 Å². The van der Waals surface area contributed by atoms with Gasteiger partial charge in [-0.15, -0.1) is 6.58 Å². The third-order valence-electron chi connectivity index (χ3n) is 2.14. The van der Waals surface area contributed by atoms with Gasteiger partial charge < -0.3 is 5.11 Å². The van der Waals surface area contributed by atoms with E-state index in [1.807, 2.05) is 0 Å². The van der Waals surface area contributed by atoms with E-state index >= 15 is 0 Å². The Morgan fingerprint density at radius 1 is 1.64 bits per heavy atom. The van der Waals surface area contributed by atoms with E-state index < -0.39 is 5.97 Å². The summed E-state index contributed by atoms with van der Waals surface area (Å²) in [5, 5.41) is 13.1. The molecule has 0 atom stereocenters. The molecule has 1 aromatic rings. The van der Waals surface area contributed by atoms with Crippen LogP contribution in [0.1, 0.15) is 28.2 Å². The highest BCUT2D eigenvalue weighted by molar-refractivity contribution is 5.90. The Labute approximate surface area is 82.9 Å². The van der Waals surface area contributed by atoms with E-state index in [0.29, 0.717) is 23.5 Å². The molecule has 0 saturated heterocycles. The standard InChI is InChI=1S/C10H14N2O2/c1-4-5-6-12-8(3)9(10(13)14)7(2)11-12/h4H,1,5-6H2,2-3H3,(H,13,14). The number of aryl methyl sites for hydroxylation is 2. The molecule has 0 aliphatic rings. The largest absolute Gasteiger partial charge is 0.478 e. The van der Waals surface area contributed by atoms with Crippen LogP contribution >= 0.6 is 0 Å². The van der Waals surface area contributed by atoms with Crippen molar-refractivity contribution < 1.29 is 9.90 Å². The van der Waals surface area contributed by atoms with Gasteiger partial charge in [-0.2, -0.15) is 5.10 Å². The maximum Gasteiger partial charge on any atom is 0.339 e. The van der Waals surface area contributed by atoms with E-state index in [4.69, 9.17) is 5.11 Å². The molecule has 1 aromatic heterocycles. The van der Waals surface area contributed by atoms with Crippen molar-refractivity contribution >= 4 is 5.97 Å². The van der Waals surface area contributed by atoms with Gasteiger partial charge in [0.2, 0.25) is 0 Å². The second-order valence-corrected chi connectivity index (χ2v) is 3.15. The lowest BCUT2D eigenvalue weighted by Gasteiger charge is -2.00. The summed E-state index contributed by atoms with van der Waals surface area (Å²) in [5.41, 5.74) is 1.59. The number of hydrogen-bond acceptors (Lipinski definition) is 2. The van der Waals surface area contributed by atoms with Gasteiger partial charge in [0.1, 0.15) is 5.56 Å². The number of nitrogens with zero attached hydrogens (tertiary/aromatic N) is 2. The molecule has 0 amide bonds. The molecule has 0 radical (unpaired) electrons. The van der Waals surface area contributed by atoms with Gasteiger partial charge >= 0.3 is 5.97 Å². The first-order chi connectivity index (χ1) is 6.57. The quantitative estimate of drug-likeness (QED) is 0.743. The molecule has 4 heteroatoms. The molecule has 0 aliphatic carbocycles. The van der Waals surface area contributed by atoms with E-state index in [1.165, 1.54) is 0 Å². The molecular formula is C10H14N2O2. The molecule has 1 heterocycles. The third-order valence-corrected chi connectivity index (χ3v) is 2.14. The molecule has 0 spiro atoms. The van der Waals surface area contributed by atoms with Gasteiger partial charge in [-0.3, -0.25) is 4.68 Å². The summed E-state index contributed by atoms with van der Waals surface area (Å²) in [6, 6.07) is 0. The molecular weight excluding hydrogens is 180 g/mol. The predicted molar refractivity (Wildman–Crippen MR) is 53.5 cm³/mol. The van der Waals surface area contributed by atoms with Crippen molar-refractivity contribution in [2.45, 2.75) is 26.8 Å². The lowest BCUT2D eigenvalue weighted by atomic mass is 10.2. The van der Waals surface area contributed by atoms with E-state index in [2.05, 4.69) is 11.7 Å². The zero-order valence-electron chi connectivity index (χ0n) is 8.45. The van der Waals surface area contributed by atoms with Crippen LogP contribution in [0.2, 0.25) is 0 Å². The van der Waals surface area contributed by atoms with Crippen LogP contribution in [-0.4, -0.2) is 20.9 Å². The predicted octanol–water partition coefficient (Wildman–Crippen LogP) is 1.77. The van der Waals surface area contributed by atoms with Crippen LogP contribution in [0.25, 0.3) is 0 Å². The lowest BCUT2D eigenvalue weighted by molar-refractivity contribution is 0.0695. The van der Waals surface area contributed by atoms with Crippen molar-refractivity contribution in [1.29, 1.82) is 0 Å². The Morgan fingerprint density at radius 2 is 2.29 bits per heavy atom. The Kier molecular flexibility index (Phi) is 3.06. The molecule has 76 valence electrons. The average molecular weight is 194 g/mol. The van der Waals surface area contributed by atoms with Crippen LogP contribution in [0.15, 0.2) is 12.7 Å². The maximum atomic E-state index is 10.9. The minimum absolute atomic E-state index is 0.314. The summed E-state index contributed by atoms with van der Waals surface area (Å²) in [5.74, 6) is -0.912. The zero-order valence-corrected chi connectivity index (χ0v) is 8.45. The molecule has 0 saturated carbocycles. The second-order valence-electron chi connectivity index (χ2n) is 3.15. The number of hydrogen-bond donors (Lipinski definition) is 1. The lowest BCUT2D eigenvalue weighted by Crippen LogP contribution is -2.04. The molecule has 0 aromatic carbocycles. The number of carboxylic acids is 1. The highest BCUT2D eigenvalue weighted by Crippen LogP contribution is 2.13. The molecule has 0 unspecified atom stereocenters. The fraction of sp³-hybridized carbons (Fsp3) is 0.400. The summed E-state index contributed by atoms with van der Waals surface area (Å²) in [7, 11) is 0. The van der Waals surface area contributed by atoms with Crippen molar-refractivity contribution in [1.82, 2.24) is 9.78 Å². The van der Waals surface area contributed by atoms with Gasteiger partial charge in [-0.25, -0.2) is 4.79 Å². The summed E-state index contributed by atoms with van der Waals surface area (Å²) in [4.78, 5) is 10.9. The molecule has 0 fully saturated rings. The Balaban J connectivity index is 3.03. The highest BCUT2D eigenvalue weighted by atomic mass is 16.4. The monoisotopic (exact) mass is 194 g/mol. The number of allylic oxidation sites excluding steroid dienone is 1. The van der Waals surface area contributed by atoms with Gasteiger partial charge in [-0.05, 0) is 20.3 Å². The SMILES string of the molecule is C=CCCn1nc(C)c(C(=O)O)c1C. The normalized spacial score (nSPS) is 10.1. The molecule has 0 aliphatic heterocycles. The Hall–Kier alpha value is -1.58. The van der Waals surface area contributed by atoms with Crippen molar-refractivity contribution in [2.75, 3.05) is 0 Å². The Morgan fingerprint density at radius 3 is 2.71 bits per heavy atom. The van der Waals surface area contributed by atoms with Crippen molar-refractivity contribution in [3.05, 3.63) is 29.6 Å². The average Bonchev–Trinajstić information content (AvgIpc) is 2.38. The van der Waals surface area contributed by atoms with Crippen molar-refractivity contribution in [2.24, 2.45) is 0 Å². The van der Waals surface area contributed by atoms with Crippen LogP contribution in [0, 0.1) is 13.8 Å². The summed E-state index contributed by atoms with van der Waals surface area (Å²) >= 11 is 0. The molecule has 14 heavy (non-hydrogen) atoms. The third kappa shape index (κ3) is 1.84. The summed E-state index contributed by atoms with van der Waals surface area (Å²) < 4.78 is 1.71. The van der Waals surface area contributed by atoms with Crippen LogP contribution in [0.3, 0.4) is 0 Å². The van der Waals surface area contributed by atoms with Crippen molar-refractivity contribution in [3.8, 4) is 0 Å². The number of carboxylic acid groups (broad SMARTS) is 1. The molecule has 1 N–H and O–H groups in total. The fourth-order valence-corrected chi connectivity index (χ4v) is 1.44. The van der Waals surface area contributed by atoms with E-state index in [1.54, 1.807) is 24.6 Å². The minimum atomic E-state index is -0.912. The van der Waals surface area contributed by atoms with E-state index in [9.17, 15) is 4.79 Å². The van der Waals surface area contributed by atoms with E-state index in [-0.39, 0.29) is 0 Å². The van der Waals surface area contributed by atoms with Crippen LogP contribution in [0.4, 0.5) is 0 Å². The Bertz CT molecular complexity index is 366. The number of rotatable bonds is 4. The van der Waals surface area contributed by atoms with Gasteiger partial charge in [-0.1, -0.05) is 6.08 Å². The van der Waals surface area contributed by atoms with Gasteiger partial charge in [0.05, 0.1) is 11.4 Å². The number of aromatic carboxylic acids is 1. The summed E-state index contributed by atoms with van der Waals surface area (Å²) in [6.45, 7) is 7.78. The first-order valence-corrected chi connectivity index (χ1v) is 4.46. The van der Waals surface area contributed by atoms with Crippen LogP contribution < -0.4 is 0 Å². The van der Waals surface area contributed by atoms with Gasteiger partial charge in [0, 0.05) is 6.54 Å². The van der Waals surface area contributed by atoms with E-state index in [0.717, 1.165) is 6.42 Å². The van der Waals surface area contributed by atoms with Crippen LogP contribution in [-0.2, 0) is 6.54 Å². The topological polar surface area (TPSA) is 55.1 Å². The molecule has 1 rings (SSSR count). The number of aromatic nitrogens is 2. The highest BCUT2D eigenvalue weighted by Gasteiger charge is 2.16. The van der Waals surface area contributed by atoms with Crippen LogP contribution in [0.5, 0.6) is 0 Å². The second kappa shape index (κ2) is 4.09. The molecule has 0 bridgehead atoms.